The minimum Gasteiger partial charge on any atom is -0.357 e. The highest BCUT2D eigenvalue weighted by Crippen LogP contribution is 2.30. The Kier molecular flexibility index (Phi) is 6.95. The van der Waals surface area contributed by atoms with Crippen LogP contribution in [0.3, 0.4) is 0 Å². The predicted molar refractivity (Wildman–Crippen MR) is 119 cm³/mol. The lowest BCUT2D eigenvalue weighted by molar-refractivity contribution is -0.129. The zero-order valence-electron chi connectivity index (χ0n) is 19.3. The van der Waals surface area contributed by atoms with Crippen molar-refractivity contribution in [2.45, 2.75) is 46.1 Å². The summed E-state index contributed by atoms with van der Waals surface area (Å²) in [5.74, 6) is -3.22. The average molecular weight is 458 g/mol. The van der Waals surface area contributed by atoms with Gasteiger partial charge in [-0.15, -0.1) is 0 Å². The van der Waals surface area contributed by atoms with Crippen molar-refractivity contribution in [1.82, 2.24) is 20.2 Å². The Bertz CT molecular complexity index is 1140. The van der Waals surface area contributed by atoms with Gasteiger partial charge in [0.05, 0.1) is 23.1 Å². The van der Waals surface area contributed by atoms with Crippen LogP contribution in [0.25, 0.3) is 0 Å². The van der Waals surface area contributed by atoms with Gasteiger partial charge in [-0.3, -0.25) is 19.2 Å². The number of hydrogen-bond acceptors (Lipinski definition) is 5. The quantitative estimate of drug-likeness (QED) is 0.333. The number of aryl methyl sites for hydroxylation is 1. The molecule has 33 heavy (non-hydrogen) atoms. The minimum atomic E-state index is -0.899. The van der Waals surface area contributed by atoms with E-state index in [1.807, 2.05) is 0 Å². The lowest BCUT2D eigenvalue weighted by atomic mass is 9.79. The first-order chi connectivity index (χ1) is 15.6. The third-order valence-corrected chi connectivity index (χ3v) is 6.29. The lowest BCUT2D eigenvalue weighted by Crippen LogP contribution is -2.53. The van der Waals surface area contributed by atoms with Gasteiger partial charge in [-0.1, -0.05) is 6.42 Å². The van der Waals surface area contributed by atoms with Crippen molar-refractivity contribution in [2.24, 2.45) is 13.0 Å². The fraction of sp³-hybridized carbons (Fsp3) is 0.435. The number of hydrogen-bond donors (Lipinski definition) is 3. The smallest absolute Gasteiger partial charge is 0.294 e. The SMILES string of the molecule is CNC(=O)[C@@H](NC(=O)C(=O)c1c(C)c(C(=O)Nc2cnc(F)c(C)c2)c(C)n1C)C1CCC1. The van der Waals surface area contributed by atoms with Crippen LogP contribution in [0.5, 0.6) is 0 Å². The first kappa shape index (κ1) is 24.1. The molecular weight excluding hydrogens is 429 g/mol. The van der Waals surface area contributed by atoms with Crippen molar-refractivity contribution in [2.75, 3.05) is 12.4 Å². The van der Waals surface area contributed by atoms with Gasteiger partial charge in [0, 0.05) is 25.4 Å². The first-order valence-corrected chi connectivity index (χ1v) is 10.7. The van der Waals surface area contributed by atoms with E-state index in [2.05, 4.69) is 20.9 Å². The average Bonchev–Trinajstić information content (AvgIpc) is 2.96. The summed E-state index contributed by atoms with van der Waals surface area (Å²) >= 11 is 0. The normalized spacial score (nSPS) is 14.2. The number of pyridine rings is 1. The maximum atomic E-state index is 13.4. The zero-order valence-corrected chi connectivity index (χ0v) is 19.3. The number of nitrogens with one attached hydrogen (secondary N) is 3. The number of rotatable bonds is 7. The Balaban J connectivity index is 1.85. The molecule has 2 heterocycles. The molecule has 3 amide bonds. The van der Waals surface area contributed by atoms with Gasteiger partial charge < -0.3 is 20.5 Å². The fourth-order valence-corrected chi connectivity index (χ4v) is 4.09. The van der Waals surface area contributed by atoms with Crippen molar-refractivity contribution >= 4 is 29.2 Å². The number of likely N-dealkylation sites (N-methyl/N-ethyl adjacent to an activating group) is 1. The molecule has 1 aliphatic rings. The van der Waals surface area contributed by atoms with Crippen LogP contribution < -0.4 is 16.0 Å². The lowest BCUT2D eigenvalue weighted by Gasteiger charge is -2.32. The maximum Gasteiger partial charge on any atom is 0.294 e. The highest BCUT2D eigenvalue weighted by atomic mass is 19.1. The molecule has 176 valence electrons. The Morgan fingerprint density at radius 3 is 2.39 bits per heavy atom. The number of amides is 3. The van der Waals surface area contributed by atoms with E-state index in [9.17, 15) is 23.6 Å². The van der Waals surface area contributed by atoms with Gasteiger partial charge in [0.1, 0.15) is 6.04 Å². The van der Waals surface area contributed by atoms with Crippen molar-refractivity contribution in [1.29, 1.82) is 0 Å². The van der Waals surface area contributed by atoms with Crippen LogP contribution in [0.1, 0.15) is 56.9 Å². The van der Waals surface area contributed by atoms with Crippen LogP contribution in [-0.2, 0) is 16.6 Å². The number of carbonyl (C=O) groups excluding carboxylic acids is 4. The molecule has 2 aromatic rings. The summed E-state index contributed by atoms with van der Waals surface area (Å²) in [6.07, 6.45) is 3.78. The van der Waals surface area contributed by atoms with Crippen molar-refractivity contribution in [3.8, 4) is 0 Å². The standard InChI is InChI=1S/C23H28FN5O4/c1-11-9-15(10-26-20(11)24)27-21(31)16-12(2)18(29(5)13(16)3)19(30)23(33)28-17(22(32)25-4)14-7-6-8-14/h9-10,14,17H,6-8H2,1-5H3,(H,25,32)(H,27,31)(H,28,33)/t17-/m0/s1. The number of anilines is 1. The van der Waals surface area contributed by atoms with E-state index in [1.165, 1.54) is 30.8 Å². The first-order valence-electron chi connectivity index (χ1n) is 10.7. The Hall–Kier alpha value is -3.56. The van der Waals surface area contributed by atoms with Crippen LogP contribution in [0.4, 0.5) is 10.1 Å². The molecule has 10 heteroatoms. The molecular formula is C23H28FN5O4. The summed E-state index contributed by atoms with van der Waals surface area (Å²) in [5, 5.41) is 7.76. The highest BCUT2D eigenvalue weighted by Gasteiger charge is 2.36. The van der Waals surface area contributed by atoms with Crippen LogP contribution in [0.15, 0.2) is 12.3 Å². The van der Waals surface area contributed by atoms with Crippen molar-refractivity contribution in [3.05, 3.63) is 46.3 Å². The summed E-state index contributed by atoms with van der Waals surface area (Å²) in [6, 6.07) is 0.672. The van der Waals surface area contributed by atoms with Gasteiger partial charge in [0.25, 0.3) is 17.6 Å². The van der Waals surface area contributed by atoms with E-state index >= 15 is 0 Å². The second kappa shape index (κ2) is 9.51. The molecule has 1 aliphatic carbocycles. The molecule has 1 saturated carbocycles. The largest absolute Gasteiger partial charge is 0.357 e. The molecule has 0 unspecified atom stereocenters. The predicted octanol–water partition coefficient (Wildman–Crippen LogP) is 1.95. The van der Waals surface area contributed by atoms with E-state index in [0.29, 0.717) is 16.9 Å². The van der Waals surface area contributed by atoms with Gasteiger partial charge in [-0.05, 0) is 51.2 Å². The van der Waals surface area contributed by atoms with E-state index < -0.39 is 29.6 Å². The third kappa shape index (κ3) is 4.64. The van der Waals surface area contributed by atoms with Crippen molar-refractivity contribution in [3.63, 3.8) is 0 Å². The minimum absolute atomic E-state index is 0.00735. The summed E-state index contributed by atoms with van der Waals surface area (Å²) < 4.78 is 14.9. The van der Waals surface area contributed by atoms with Crippen LogP contribution in [0, 0.1) is 32.6 Å². The monoisotopic (exact) mass is 457 g/mol. The molecule has 0 bridgehead atoms. The molecule has 0 radical (unpaired) electrons. The van der Waals surface area contributed by atoms with Crippen LogP contribution in [0.2, 0.25) is 0 Å². The number of nitrogens with zero attached hydrogens (tertiary/aromatic N) is 2. The molecule has 0 spiro atoms. The van der Waals surface area contributed by atoms with E-state index in [1.54, 1.807) is 20.9 Å². The van der Waals surface area contributed by atoms with Crippen LogP contribution in [-0.4, -0.2) is 46.1 Å². The second-order valence-electron chi connectivity index (χ2n) is 8.36. The Morgan fingerprint density at radius 2 is 1.85 bits per heavy atom. The summed E-state index contributed by atoms with van der Waals surface area (Å²) in [6.45, 7) is 4.77. The molecule has 0 aliphatic heterocycles. The summed E-state index contributed by atoms with van der Waals surface area (Å²) in [7, 11) is 3.07. The zero-order chi connectivity index (χ0) is 24.4. The topological polar surface area (TPSA) is 122 Å². The molecule has 3 rings (SSSR count). The van der Waals surface area contributed by atoms with E-state index in [0.717, 1.165) is 19.3 Å². The number of Topliss-reactive ketones (excluding diaryl/α,β-unsaturated/α-hetero) is 1. The van der Waals surface area contributed by atoms with E-state index in [-0.39, 0.29) is 28.6 Å². The number of ketones is 1. The molecule has 3 N–H and O–H groups in total. The molecule has 1 atom stereocenters. The molecule has 1 fully saturated rings. The molecule has 0 saturated heterocycles. The van der Waals surface area contributed by atoms with Gasteiger partial charge in [0.2, 0.25) is 11.9 Å². The van der Waals surface area contributed by atoms with Crippen LogP contribution >= 0.6 is 0 Å². The third-order valence-electron chi connectivity index (χ3n) is 6.29. The second-order valence-corrected chi connectivity index (χ2v) is 8.36. The van der Waals surface area contributed by atoms with Gasteiger partial charge in [-0.2, -0.15) is 4.39 Å². The van der Waals surface area contributed by atoms with Gasteiger partial charge in [-0.25, -0.2) is 4.98 Å². The molecule has 2 aromatic heterocycles. The summed E-state index contributed by atoms with van der Waals surface area (Å²) in [5.41, 5.74) is 1.69. The van der Waals surface area contributed by atoms with Gasteiger partial charge >= 0.3 is 0 Å². The molecule has 0 aromatic carbocycles. The fourth-order valence-electron chi connectivity index (χ4n) is 4.09. The molecule has 9 nitrogen and oxygen atoms in total. The van der Waals surface area contributed by atoms with Gasteiger partial charge in [0.15, 0.2) is 0 Å². The highest BCUT2D eigenvalue weighted by molar-refractivity contribution is 6.43. The maximum absolute atomic E-state index is 13.4. The Morgan fingerprint density at radius 1 is 1.18 bits per heavy atom. The summed E-state index contributed by atoms with van der Waals surface area (Å²) in [4.78, 5) is 54.6. The Labute approximate surface area is 191 Å². The number of aromatic nitrogens is 2. The van der Waals surface area contributed by atoms with Crippen molar-refractivity contribution < 1.29 is 23.6 Å². The van der Waals surface area contributed by atoms with E-state index in [4.69, 9.17) is 0 Å². The number of carbonyl (C=O) groups is 4. The number of halogens is 1.